The van der Waals surface area contributed by atoms with E-state index in [2.05, 4.69) is 25.7 Å². The lowest BCUT2D eigenvalue weighted by atomic mass is 9.84. The summed E-state index contributed by atoms with van der Waals surface area (Å²) in [6.07, 6.45) is 2.68. The van der Waals surface area contributed by atoms with E-state index in [-0.39, 0.29) is 59.0 Å². The molecule has 220 valence electrons. The van der Waals surface area contributed by atoms with E-state index in [4.69, 9.17) is 19.6 Å². The molecule has 3 aliphatic rings. The number of hydrogen-bond acceptors (Lipinski definition) is 7. The number of carbonyl (C=O) groups excluding carboxylic acids is 1. The summed E-state index contributed by atoms with van der Waals surface area (Å²) < 4.78 is 32.1. The highest BCUT2D eigenvalue weighted by Crippen LogP contribution is 2.45. The minimum absolute atomic E-state index is 0.0199. The van der Waals surface area contributed by atoms with Crippen molar-refractivity contribution in [3.63, 3.8) is 0 Å². The number of amidine groups is 1. The highest BCUT2D eigenvalue weighted by atomic mass is 19.1. The Labute approximate surface area is 239 Å². The smallest absolute Gasteiger partial charge is 0.306 e. The zero-order valence-corrected chi connectivity index (χ0v) is 24.3. The number of anilines is 1. The Morgan fingerprint density at radius 2 is 1.80 bits per heavy atom. The lowest BCUT2D eigenvalue weighted by Gasteiger charge is -2.30. The highest BCUT2D eigenvalue weighted by molar-refractivity contribution is 6.06. The molecule has 0 bridgehead atoms. The van der Waals surface area contributed by atoms with Crippen molar-refractivity contribution < 1.29 is 33.3 Å². The fourth-order valence-corrected chi connectivity index (χ4v) is 5.82. The van der Waals surface area contributed by atoms with Gasteiger partial charge in [-0.2, -0.15) is 0 Å². The maximum Gasteiger partial charge on any atom is 0.306 e. The van der Waals surface area contributed by atoms with E-state index >= 15 is 4.39 Å². The van der Waals surface area contributed by atoms with E-state index in [1.807, 2.05) is 12.1 Å². The lowest BCUT2D eigenvalue weighted by molar-refractivity contribution is -0.138. The number of ether oxygens (including phenoxy) is 3. The standard InChI is InChI=1S/C31H38FN3O6/c1-31(2,3)21-11-17(12-22(34-8-6-7-9-34)27(21)41-16-19-10-20(19)30(37)38)23(36)15-35-14-18-13-24(39-4)28(40-5)26(32)25(18)29(35)33/h11-13,19-20,33H,6-10,14-16H2,1-5H3,(H,37,38). The average Bonchev–Trinajstić information content (AvgIpc) is 3.36. The second-order valence-electron chi connectivity index (χ2n) is 12.2. The van der Waals surface area contributed by atoms with E-state index in [1.165, 1.54) is 14.2 Å². The Kier molecular flexibility index (Phi) is 7.61. The molecule has 0 amide bonds. The average molecular weight is 568 g/mol. The number of benzene rings is 2. The molecule has 2 aromatic rings. The number of carboxylic acid groups (broad SMARTS) is 1. The van der Waals surface area contributed by atoms with Gasteiger partial charge in [0.05, 0.1) is 44.5 Å². The summed E-state index contributed by atoms with van der Waals surface area (Å²) in [7, 11) is 2.78. The number of rotatable bonds is 10. The second-order valence-corrected chi connectivity index (χ2v) is 12.2. The summed E-state index contributed by atoms with van der Waals surface area (Å²) in [6.45, 7) is 8.29. The van der Waals surface area contributed by atoms with E-state index < -0.39 is 11.8 Å². The molecule has 41 heavy (non-hydrogen) atoms. The quantitative estimate of drug-likeness (QED) is 0.392. The minimum atomic E-state index is -0.790. The van der Waals surface area contributed by atoms with Crippen LogP contribution in [0, 0.1) is 23.1 Å². The van der Waals surface area contributed by atoms with Crippen molar-refractivity contribution in [1.82, 2.24) is 4.90 Å². The van der Waals surface area contributed by atoms with Crippen molar-refractivity contribution in [2.75, 3.05) is 45.4 Å². The van der Waals surface area contributed by atoms with Gasteiger partial charge in [-0.1, -0.05) is 20.8 Å². The molecule has 1 aliphatic carbocycles. The first-order chi connectivity index (χ1) is 19.4. The van der Waals surface area contributed by atoms with Gasteiger partial charge in [-0.15, -0.1) is 0 Å². The summed E-state index contributed by atoms with van der Waals surface area (Å²) >= 11 is 0. The number of fused-ring (bicyclic) bond motifs is 1. The molecule has 10 heteroatoms. The number of Topliss-reactive ketones (excluding diaryl/α,β-unsaturated/α-hetero) is 1. The summed E-state index contributed by atoms with van der Waals surface area (Å²) in [4.78, 5) is 28.9. The fourth-order valence-electron chi connectivity index (χ4n) is 5.82. The molecule has 2 aliphatic heterocycles. The molecule has 2 atom stereocenters. The van der Waals surface area contributed by atoms with Gasteiger partial charge >= 0.3 is 5.97 Å². The van der Waals surface area contributed by atoms with Gasteiger partial charge in [0.1, 0.15) is 11.6 Å². The molecule has 9 nitrogen and oxygen atoms in total. The van der Waals surface area contributed by atoms with Crippen LogP contribution in [0.1, 0.15) is 67.1 Å². The number of nitrogens with zero attached hydrogens (tertiary/aromatic N) is 2. The maximum absolute atomic E-state index is 15.3. The first-order valence-electron chi connectivity index (χ1n) is 14.0. The van der Waals surface area contributed by atoms with Crippen LogP contribution in [-0.2, 0) is 16.8 Å². The van der Waals surface area contributed by atoms with Gasteiger partial charge in [-0.3, -0.25) is 15.0 Å². The molecule has 0 radical (unpaired) electrons. The van der Waals surface area contributed by atoms with E-state index in [9.17, 15) is 14.7 Å². The summed E-state index contributed by atoms with van der Waals surface area (Å²) in [6, 6.07) is 5.37. The molecule has 2 unspecified atom stereocenters. The monoisotopic (exact) mass is 567 g/mol. The van der Waals surface area contributed by atoms with Gasteiger partial charge in [-0.05, 0) is 48.4 Å². The molecule has 2 fully saturated rings. The van der Waals surface area contributed by atoms with Crippen LogP contribution in [0.2, 0.25) is 0 Å². The van der Waals surface area contributed by atoms with Crippen LogP contribution in [0.4, 0.5) is 10.1 Å². The number of hydrogen-bond donors (Lipinski definition) is 2. The third-order valence-corrected chi connectivity index (χ3v) is 8.27. The first kappa shape index (κ1) is 28.7. The molecule has 0 spiro atoms. The van der Waals surface area contributed by atoms with Gasteiger partial charge in [0.15, 0.2) is 23.1 Å². The largest absolute Gasteiger partial charge is 0.493 e. The van der Waals surface area contributed by atoms with Crippen LogP contribution in [0.15, 0.2) is 18.2 Å². The van der Waals surface area contributed by atoms with Crippen molar-refractivity contribution in [2.45, 2.75) is 52.0 Å². The highest BCUT2D eigenvalue weighted by Gasteiger charge is 2.44. The van der Waals surface area contributed by atoms with Crippen LogP contribution in [0.3, 0.4) is 0 Å². The van der Waals surface area contributed by atoms with Crippen molar-refractivity contribution in [2.24, 2.45) is 11.8 Å². The van der Waals surface area contributed by atoms with Crippen molar-refractivity contribution in [1.29, 1.82) is 5.41 Å². The van der Waals surface area contributed by atoms with Crippen LogP contribution in [0.25, 0.3) is 0 Å². The Morgan fingerprint density at radius 1 is 1.10 bits per heavy atom. The normalized spacial score (nSPS) is 19.8. The van der Waals surface area contributed by atoms with Crippen molar-refractivity contribution in [3.8, 4) is 17.2 Å². The Hall–Kier alpha value is -3.82. The Balaban J connectivity index is 1.45. The molecular formula is C31H38FN3O6. The summed E-state index contributed by atoms with van der Waals surface area (Å²) in [5, 5.41) is 18.0. The SMILES string of the molecule is COc1cc2c(c(F)c1OC)C(=N)N(CC(=O)c1cc(N3CCCC3)c(OCC3CC3C(=O)O)c(C(C)(C)C)c1)C2. The van der Waals surface area contributed by atoms with Crippen molar-refractivity contribution in [3.05, 3.63) is 46.3 Å². The number of ketones is 1. The van der Waals surface area contributed by atoms with Crippen LogP contribution >= 0.6 is 0 Å². The molecule has 2 aromatic carbocycles. The minimum Gasteiger partial charge on any atom is -0.493 e. The Morgan fingerprint density at radius 3 is 2.39 bits per heavy atom. The third kappa shape index (κ3) is 5.44. The predicted molar refractivity (Wildman–Crippen MR) is 152 cm³/mol. The Bertz CT molecular complexity index is 1400. The zero-order valence-electron chi connectivity index (χ0n) is 24.3. The molecule has 1 saturated heterocycles. The number of carbonyl (C=O) groups is 2. The summed E-state index contributed by atoms with van der Waals surface area (Å²) in [5.41, 5.74) is 2.53. The van der Waals surface area contributed by atoms with Crippen LogP contribution < -0.4 is 19.1 Å². The molecule has 5 rings (SSSR count). The predicted octanol–water partition coefficient (Wildman–Crippen LogP) is 4.86. The summed E-state index contributed by atoms with van der Waals surface area (Å²) in [5.74, 6) is -1.22. The van der Waals surface area contributed by atoms with E-state index in [1.54, 1.807) is 11.0 Å². The van der Waals surface area contributed by atoms with Crippen LogP contribution in [0.5, 0.6) is 17.2 Å². The lowest BCUT2D eigenvalue weighted by Crippen LogP contribution is -2.31. The number of aliphatic carboxylic acids is 1. The second kappa shape index (κ2) is 10.9. The van der Waals surface area contributed by atoms with Gasteiger partial charge < -0.3 is 29.1 Å². The molecule has 2 heterocycles. The maximum atomic E-state index is 15.3. The topological polar surface area (TPSA) is 112 Å². The van der Waals surface area contributed by atoms with Crippen molar-refractivity contribution >= 4 is 23.3 Å². The van der Waals surface area contributed by atoms with Gasteiger partial charge in [-0.25, -0.2) is 4.39 Å². The van der Waals surface area contributed by atoms with Gasteiger partial charge in [0.25, 0.3) is 0 Å². The van der Waals surface area contributed by atoms with Gasteiger partial charge in [0, 0.05) is 36.7 Å². The van der Waals surface area contributed by atoms with E-state index in [0.29, 0.717) is 29.9 Å². The molecule has 2 N–H and O–H groups in total. The molecule has 1 saturated carbocycles. The number of carboxylic acids is 1. The molecular weight excluding hydrogens is 529 g/mol. The number of methoxy groups -OCH3 is 2. The van der Waals surface area contributed by atoms with Crippen LogP contribution in [-0.4, -0.2) is 68.1 Å². The number of nitrogens with one attached hydrogen (secondary N) is 1. The third-order valence-electron chi connectivity index (χ3n) is 8.27. The molecule has 0 aromatic heterocycles. The fraction of sp³-hybridized carbons (Fsp3) is 0.516. The van der Waals surface area contributed by atoms with E-state index in [0.717, 1.165) is 37.2 Å². The number of halogens is 1. The first-order valence-corrected chi connectivity index (χ1v) is 14.0. The van der Waals surface area contributed by atoms with Gasteiger partial charge in [0.2, 0.25) is 0 Å². The zero-order chi connectivity index (χ0) is 29.6.